The molecule has 0 saturated carbocycles. The predicted molar refractivity (Wildman–Crippen MR) is 124 cm³/mol. The van der Waals surface area contributed by atoms with Crippen LogP contribution >= 0.6 is 0 Å². The number of carbonyl (C=O) groups is 3. The lowest BCUT2D eigenvalue weighted by molar-refractivity contribution is -0.222. The lowest BCUT2D eigenvalue weighted by atomic mass is 10.0. The normalized spacial score (nSPS) is 19.8. The molecule has 2 rings (SSSR count). The van der Waals surface area contributed by atoms with Crippen molar-refractivity contribution in [2.75, 3.05) is 0 Å². The van der Waals surface area contributed by atoms with Crippen LogP contribution in [0, 0.1) is 0 Å². The first kappa shape index (κ1) is 27.4. The van der Waals surface area contributed by atoms with Crippen molar-refractivity contribution < 1.29 is 33.4 Å². The van der Waals surface area contributed by atoms with Crippen molar-refractivity contribution >= 4 is 18.2 Å². The molecule has 34 heavy (non-hydrogen) atoms. The zero-order valence-corrected chi connectivity index (χ0v) is 20.8. The Balaban J connectivity index is 2.12. The highest BCUT2D eigenvalue weighted by Crippen LogP contribution is 2.30. The third-order valence-corrected chi connectivity index (χ3v) is 4.83. The van der Waals surface area contributed by atoms with Crippen LogP contribution in [0.4, 0.5) is 9.59 Å². The van der Waals surface area contributed by atoms with E-state index < -0.39 is 47.7 Å². The maximum Gasteiger partial charge on any atom is 0.528 e. The maximum absolute atomic E-state index is 12.4. The van der Waals surface area contributed by atoms with Crippen LogP contribution in [0.2, 0.25) is 0 Å². The van der Waals surface area contributed by atoms with Crippen molar-refractivity contribution in [3.63, 3.8) is 0 Å². The number of carbonyl (C=O) groups excluding carboxylic acids is 3. The number of amides is 1. The molecule has 190 valence electrons. The van der Waals surface area contributed by atoms with Gasteiger partial charge in [0, 0.05) is 13.0 Å². The largest absolute Gasteiger partial charge is 0.528 e. The van der Waals surface area contributed by atoms with Gasteiger partial charge in [-0.15, -0.1) is 0 Å². The van der Waals surface area contributed by atoms with E-state index in [0.717, 1.165) is 5.56 Å². The fourth-order valence-electron chi connectivity index (χ4n) is 3.44. The average Bonchev–Trinajstić information content (AvgIpc) is 3.03. The fraction of sp³-hybridized carbons (Fsp3) is 0.625. The van der Waals surface area contributed by atoms with E-state index in [-0.39, 0.29) is 6.42 Å². The average molecular weight is 480 g/mol. The molecule has 0 radical (unpaired) electrons. The van der Waals surface area contributed by atoms with E-state index in [4.69, 9.17) is 24.8 Å². The molecular weight excluding hydrogens is 442 g/mol. The minimum absolute atomic E-state index is 0.235. The lowest BCUT2D eigenvalue weighted by Crippen LogP contribution is -2.48. The molecular formula is C24H37N3O7. The van der Waals surface area contributed by atoms with Gasteiger partial charge >= 0.3 is 12.3 Å². The zero-order valence-electron chi connectivity index (χ0n) is 20.8. The van der Waals surface area contributed by atoms with Gasteiger partial charge in [0.1, 0.15) is 11.2 Å². The maximum atomic E-state index is 12.4. The van der Waals surface area contributed by atoms with Crippen molar-refractivity contribution in [3.05, 3.63) is 35.9 Å². The quantitative estimate of drug-likeness (QED) is 0.537. The molecule has 3 N–H and O–H groups in total. The van der Waals surface area contributed by atoms with Crippen molar-refractivity contribution in [2.24, 2.45) is 5.73 Å². The van der Waals surface area contributed by atoms with E-state index in [2.05, 4.69) is 5.32 Å². The van der Waals surface area contributed by atoms with Crippen LogP contribution in [0.5, 0.6) is 0 Å². The Hall–Kier alpha value is -2.85. The van der Waals surface area contributed by atoms with Crippen LogP contribution in [0.3, 0.4) is 0 Å². The predicted octanol–water partition coefficient (Wildman–Crippen LogP) is 3.63. The van der Waals surface area contributed by atoms with Crippen molar-refractivity contribution in [1.29, 1.82) is 0 Å². The van der Waals surface area contributed by atoms with Gasteiger partial charge in [0.05, 0.1) is 12.1 Å². The molecule has 1 aliphatic rings. The first-order valence-electron chi connectivity index (χ1n) is 11.4. The molecule has 10 heteroatoms. The Morgan fingerprint density at radius 1 is 1.00 bits per heavy atom. The molecule has 0 bridgehead atoms. The summed E-state index contributed by atoms with van der Waals surface area (Å²) in [6, 6.07) is 8.44. The van der Waals surface area contributed by atoms with Gasteiger partial charge in [-0.05, 0) is 59.9 Å². The number of ether oxygens (including phenoxy) is 3. The van der Waals surface area contributed by atoms with Gasteiger partial charge in [-0.3, -0.25) is 4.79 Å². The van der Waals surface area contributed by atoms with Gasteiger partial charge < -0.3 is 30.1 Å². The number of hydrogen-bond donors (Lipinski definition) is 2. The molecule has 1 aromatic carbocycles. The Bertz CT molecular complexity index is 833. The summed E-state index contributed by atoms with van der Waals surface area (Å²) < 4.78 is 15.9. The second-order valence-corrected chi connectivity index (χ2v) is 10.2. The second kappa shape index (κ2) is 11.5. The third kappa shape index (κ3) is 9.56. The summed E-state index contributed by atoms with van der Waals surface area (Å²) >= 11 is 0. The molecule has 0 aromatic heterocycles. The standard InChI is InChI=1S/C24H37N3O7/c1-23(2,3)32-21(29)31-19-13-12-17(27(19)34-22(30)33-24(4,5)6)14-18(20(25)28)26-15-16-10-8-7-9-11-16/h7-11,17-19,26H,12-15H2,1-6H3,(H2,25,28)/t17-,18?,19-/m0/s1. The summed E-state index contributed by atoms with van der Waals surface area (Å²) in [5, 5.41) is 4.42. The van der Waals surface area contributed by atoms with Crippen LogP contribution in [-0.2, 0) is 30.4 Å². The number of hydroxylamine groups is 2. The molecule has 3 atom stereocenters. The minimum atomic E-state index is -0.940. The van der Waals surface area contributed by atoms with E-state index in [9.17, 15) is 14.4 Å². The Morgan fingerprint density at radius 3 is 2.15 bits per heavy atom. The second-order valence-electron chi connectivity index (χ2n) is 10.2. The first-order valence-corrected chi connectivity index (χ1v) is 11.4. The van der Waals surface area contributed by atoms with Gasteiger partial charge in [0.25, 0.3) is 0 Å². The summed E-state index contributed by atoms with van der Waals surface area (Å²) in [6.07, 6.45) is -1.62. The molecule has 0 aliphatic carbocycles. The fourth-order valence-corrected chi connectivity index (χ4v) is 3.44. The van der Waals surface area contributed by atoms with E-state index in [1.807, 2.05) is 30.3 Å². The van der Waals surface area contributed by atoms with Crippen molar-refractivity contribution in [1.82, 2.24) is 10.4 Å². The number of rotatable bonds is 8. The van der Waals surface area contributed by atoms with Crippen molar-refractivity contribution in [2.45, 2.75) is 96.9 Å². The Labute approximate surface area is 201 Å². The van der Waals surface area contributed by atoms with Crippen LogP contribution in [0.1, 0.15) is 66.4 Å². The monoisotopic (exact) mass is 479 g/mol. The molecule has 1 unspecified atom stereocenters. The van der Waals surface area contributed by atoms with Crippen LogP contribution < -0.4 is 11.1 Å². The van der Waals surface area contributed by atoms with Gasteiger partial charge in [-0.2, -0.15) is 0 Å². The number of primary amides is 1. The summed E-state index contributed by atoms with van der Waals surface area (Å²) in [5.41, 5.74) is 5.11. The number of nitrogens with zero attached hydrogens (tertiary/aromatic N) is 1. The highest BCUT2D eigenvalue weighted by atomic mass is 16.8. The summed E-state index contributed by atoms with van der Waals surface area (Å²) in [4.78, 5) is 42.2. The van der Waals surface area contributed by atoms with E-state index >= 15 is 0 Å². The van der Waals surface area contributed by atoms with E-state index in [1.54, 1.807) is 41.5 Å². The first-order chi connectivity index (χ1) is 15.7. The molecule has 1 fully saturated rings. The summed E-state index contributed by atoms with van der Waals surface area (Å²) in [6.45, 7) is 10.7. The molecule has 1 saturated heterocycles. The molecule has 1 aromatic rings. The minimum Gasteiger partial charge on any atom is -0.429 e. The smallest absolute Gasteiger partial charge is 0.429 e. The summed E-state index contributed by atoms with van der Waals surface area (Å²) in [5.74, 6) is -0.537. The van der Waals surface area contributed by atoms with Gasteiger partial charge in [0.2, 0.25) is 5.91 Å². The van der Waals surface area contributed by atoms with Crippen LogP contribution in [-0.4, -0.2) is 52.8 Å². The number of hydrogen-bond acceptors (Lipinski definition) is 9. The highest BCUT2D eigenvalue weighted by Gasteiger charge is 2.42. The molecule has 0 spiro atoms. The van der Waals surface area contributed by atoms with Gasteiger partial charge in [-0.1, -0.05) is 35.4 Å². The van der Waals surface area contributed by atoms with Crippen LogP contribution in [0.15, 0.2) is 30.3 Å². The van der Waals surface area contributed by atoms with Crippen molar-refractivity contribution in [3.8, 4) is 0 Å². The Morgan fingerprint density at radius 2 is 1.59 bits per heavy atom. The van der Waals surface area contributed by atoms with E-state index in [1.165, 1.54) is 5.06 Å². The molecule has 10 nitrogen and oxygen atoms in total. The lowest BCUT2D eigenvalue weighted by Gasteiger charge is -2.30. The third-order valence-electron chi connectivity index (χ3n) is 4.83. The zero-order chi connectivity index (χ0) is 25.5. The SMILES string of the molecule is CC(C)(C)OC(=O)O[C@H]1CC[C@@H](CC(NCc2ccccc2)C(N)=O)N1OC(=O)OC(C)(C)C. The molecule has 1 heterocycles. The summed E-state index contributed by atoms with van der Waals surface area (Å²) in [7, 11) is 0. The van der Waals surface area contributed by atoms with Gasteiger partial charge in [0.15, 0.2) is 6.23 Å². The topological polar surface area (TPSA) is 129 Å². The highest BCUT2D eigenvalue weighted by molar-refractivity contribution is 5.79. The van der Waals surface area contributed by atoms with Gasteiger partial charge in [-0.25, -0.2) is 9.59 Å². The number of nitrogens with one attached hydrogen (secondary N) is 1. The molecule has 1 amide bonds. The number of benzene rings is 1. The number of nitrogens with two attached hydrogens (primary N) is 1. The molecule has 1 aliphatic heterocycles. The van der Waals surface area contributed by atoms with E-state index in [0.29, 0.717) is 19.4 Å². The van der Waals surface area contributed by atoms with Crippen LogP contribution in [0.25, 0.3) is 0 Å². The Kier molecular flexibility index (Phi) is 9.29.